The molecule has 5 N–H and O–H groups in total. The maximum absolute atomic E-state index is 10.2. The van der Waals surface area contributed by atoms with E-state index >= 15 is 0 Å². The molecule has 3 rings (SSSR count). The lowest BCUT2D eigenvalue weighted by molar-refractivity contribution is -0.0518. The number of halogens is 1. The van der Waals surface area contributed by atoms with Crippen molar-refractivity contribution in [2.24, 2.45) is 0 Å². The van der Waals surface area contributed by atoms with Crippen LogP contribution >= 0.6 is 15.9 Å². The fourth-order valence-electron chi connectivity index (χ4n) is 2.56. The van der Waals surface area contributed by atoms with Crippen molar-refractivity contribution in [2.75, 3.05) is 12.3 Å². The highest BCUT2D eigenvalue weighted by atomic mass is 79.9. The summed E-state index contributed by atoms with van der Waals surface area (Å²) >= 11 is 3.27. The molecule has 0 bridgehead atoms. The Hall–Kier alpha value is -1.77. The number of ether oxygens (including phenoxy) is 1. The summed E-state index contributed by atoms with van der Waals surface area (Å²) in [5, 5.41) is 38.9. The Morgan fingerprint density at radius 3 is 2.73 bits per heavy atom. The number of nitrogens with zero attached hydrogens (tertiary/aromatic N) is 4. The molecular formula is C12H12BrN5O4. The van der Waals surface area contributed by atoms with Crippen LogP contribution in [0.2, 0.25) is 0 Å². The number of nitrogens with two attached hydrogens (primary N) is 1. The van der Waals surface area contributed by atoms with E-state index in [1.807, 2.05) is 6.07 Å². The first-order valence-corrected chi connectivity index (χ1v) is 7.13. The first-order chi connectivity index (χ1) is 10.5. The monoisotopic (exact) mass is 369 g/mol. The fraction of sp³-hybridized carbons (Fsp3) is 0.417. The van der Waals surface area contributed by atoms with Crippen molar-refractivity contribution < 1.29 is 20.1 Å². The molecule has 3 heterocycles. The van der Waals surface area contributed by atoms with Crippen LogP contribution in [0.5, 0.6) is 0 Å². The second-order valence-corrected chi connectivity index (χ2v) is 5.59. The van der Waals surface area contributed by atoms with Gasteiger partial charge in [-0.15, -0.1) is 0 Å². The third-order valence-electron chi connectivity index (χ3n) is 3.64. The molecule has 0 aromatic carbocycles. The lowest BCUT2D eigenvalue weighted by atomic mass is 10.1. The Balaban J connectivity index is 2.23. The van der Waals surface area contributed by atoms with Crippen molar-refractivity contribution in [2.45, 2.75) is 24.5 Å². The molecule has 4 atom stereocenters. The lowest BCUT2D eigenvalue weighted by Crippen LogP contribution is -2.33. The zero-order valence-corrected chi connectivity index (χ0v) is 12.7. The zero-order valence-electron chi connectivity index (χ0n) is 11.1. The molecule has 0 saturated carbocycles. The van der Waals surface area contributed by atoms with Gasteiger partial charge in [-0.2, -0.15) is 5.26 Å². The van der Waals surface area contributed by atoms with Gasteiger partial charge >= 0.3 is 0 Å². The van der Waals surface area contributed by atoms with E-state index in [4.69, 9.17) is 10.5 Å². The summed E-state index contributed by atoms with van der Waals surface area (Å²) < 4.78 is 7.19. The number of aliphatic hydroxyl groups excluding tert-OH is 3. The van der Waals surface area contributed by atoms with Crippen molar-refractivity contribution in [1.82, 2.24) is 14.5 Å². The third kappa shape index (κ3) is 1.98. The third-order valence-corrected chi connectivity index (χ3v) is 4.41. The summed E-state index contributed by atoms with van der Waals surface area (Å²) in [6, 6.07) is 2.00. The Bertz CT molecular complexity index is 773. The molecule has 0 amide bonds. The van der Waals surface area contributed by atoms with Crippen LogP contribution in [0.25, 0.3) is 11.0 Å². The predicted molar refractivity (Wildman–Crippen MR) is 77.4 cm³/mol. The van der Waals surface area contributed by atoms with Gasteiger partial charge in [0.05, 0.1) is 17.6 Å². The van der Waals surface area contributed by atoms with E-state index in [2.05, 4.69) is 25.9 Å². The Morgan fingerprint density at radius 1 is 1.41 bits per heavy atom. The highest BCUT2D eigenvalue weighted by molar-refractivity contribution is 9.10. The molecule has 1 saturated heterocycles. The molecule has 0 radical (unpaired) electrons. The molecule has 1 aliphatic rings. The van der Waals surface area contributed by atoms with Gasteiger partial charge in [0.25, 0.3) is 0 Å². The van der Waals surface area contributed by atoms with Crippen molar-refractivity contribution in [3.05, 3.63) is 16.5 Å². The van der Waals surface area contributed by atoms with Gasteiger partial charge in [-0.25, -0.2) is 9.97 Å². The molecule has 10 heteroatoms. The van der Waals surface area contributed by atoms with Gasteiger partial charge in [0.1, 0.15) is 46.8 Å². The summed E-state index contributed by atoms with van der Waals surface area (Å²) in [7, 11) is 0. The number of nitriles is 1. The maximum atomic E-state index is 10.2. The molecule has 22 heavy (non-hydrogen) atoms. The number of nitrogen functional groups attached to an aromatic ring is 1. The Morgan fingerprint density at radius 2 is 2.14 bits per heavy atom. The number of hydrogen-bond donors (Lipinski definition) is 4. The second-order valence-electron chi connectivity index (χ2n) is 4.83. The van der Waals surface area contributed by atoms with E-state index in [1.54, 1.807) is 0 Å². The summed E-state index contributed by atoms with van der Waals surface area (Å²) in [4.78, 5) is 7.93. The van der Waals surface area contributed by atoms with Gasteiger partial charge in [-0.05, 0) is 15.9 Å². The van der Waals surface area contributed by atoms with Crippen LogP contribution in [0.4, 0.5) is 5.82 Å². The van der Waals surface area contributed by atoms with Crippen molar-refractivity contribution in [1.29, 1.82) is 5.26 Å². The van der Waals surface area contributed by atoms with Gasteiger partial charge in [0, 0.05) is 0 Å². The number of rotatable bonds is 2. The fourth-order valence-corrected chi connectivity index (χ4v) is 3.21. The first-order valence-electron chi connectivity index (χ1n) is 6.33. The normalized spacial score (nSPS) is 28.1. The van der Waals surface area contributed by atoms with Gasteiger partial charge in [-0.1, -0.05) is 0 Å². The van der Waals surface area contributed by atoms with Crippen molar-refractivity contribution in [3.63, 3.8) is 0 Å². The van der Waals surface area contributed by atoms with Gasteiger partial charge < -0.3 is 25.8 Å². The average Bonchev–Trinajstić information content (AvgIpc) is 2.95. The van der Waals surface area contributed by atoms with E-state index < -0.39 is 31.1 Å². The van der Waals surface area contributed by atoms with Gasteiger partial charge in [0.15, 0.2) is 6.23 Å². The minimum Gasteiger partial charge on any atom is -0.394 e. The zero-order chi connectivity index (χ0) is 16.0. The molecule has 1 fully saturated rings. The van der Waals surface area contributed by atoms with E-state index in [9.17, 15) is 20.6 Å². The van der Waals surface area contributed by atoms with Crippen LogP contribution in [0, 0.1) is 11.3 Å². The van der Waals surface area contributed by atoms with Crippen LogP contribution in [-0.2, 0) is 4.74 Å². The van der Waals surface area contributed by atoms with Crippen LogP contribution in [0.15, 0.2) is 10.9 Å². The highest BCUT2D eigenvalue weighted by Crippen LogP contribution is 2.39. The van der Waals surface area contributed by atoms with Crippen LogP contribution in [-0.4, -0.2) is 54.8 Å². The average molecular weight is 370 g/mol. The van der Waals surface area contributed by atoms with Gasteiger partial charge in [0.2, 0.25) is 0 Å². The molecule has 9 nitrogen and oxygen atoms in total. The van der Waals surface area contributed by atoms with Crippen LogP contribution < -0.4 is 5.73 Å². The smallest absolute Gasteiger partial charge is 0.165 e. The van der Waals surface area contributed by atoms with E-state index in [0.29, 0.717) is 9.99 Å². The Labute approximate surface area is 132 Å². The summed E-state index contributed by atoms with van der Waals surface area (Å²) in [6.07, 6.45) is -3.30. The van der Waals surface area contributed by atoms with Crippen LogP contribution in [0.1, 0.15) is 11.8 Å². The molecule has 2 aromatic rings. The molecule has 116 valence electrons. The number of aromatic nitrogens is 3. The quantitative estimate of drug-likeness (QED) is 0.540. The number of hydrogen-bond acceptors (Lipinski definition) is 8. The molecule has 2 aromatic heterocycles. The number of aliphatic hydroxyl groups is 3. The van der Waals surface area contributed by atoms with E-state index in [0.717, 1.165) is 0 Å². The standard InChI is InChI=1S/C12H12BrN5O4/c13-9-4(1-14)6-10(15)16-3-17-11(6)18(9)12-8(21)7(20)5(2-19)22-12/h3,5,7-8,12,19-21H,2H2,(H2,15,16,17)/t5-,7-,8+,12+/m0/s1. The lowest BCUT2D eigenvalue weighted by Gasteiger charge is -2.18. The Kier molecular flexibility index (Phi) is 3.75. The summed E-state index contributed by atoms with van der Waals surface area (Å²) in [6.45, 7) is -0.451. The molecule has 1 aliphatic heterocycles. The van der Waals surface area contributed by atoms with E-state index in [-0.39, 0.29) is 17.0 Å². The van der Waals surface area contributed by atoms with Crippen LogP contribution in [0.3, 0.4) is 0 Å². The van der Waals surface area contributed by atoms with E-state index in [1.165, 1.54) is 10.9 Å². The second kappa shape index (κ2) is 5.45. The highest BCUT2D eigenvalue weighted by Gasteiger charge is 2.45. The SMILES string of the molecule is N#Cc1c(Br)n([C@@H]2O[C@@H](CO)[C@H](O)[C@H]2O)c2ncnc(N)c12. The molecule has 0 spiro atoms. The minimum absolute atomic E-state index is 0.118. The first kappa shape index (κ1) is 15.1. The van der Waals surface area contributed by atoms with Crippen molar-refractivity contribution >= 4 is 32.8 Å². The van der Waals surface area contributed by atoms with Crippen molar-refractivity contribution in [3.8, 4) is 6.07 Å². The maximum Gasteiger partial charge on any atom is 0.165 e. The summed E-state index contributed by atoms with van der Waals surface area (Å²) in [5.41, 5.74) is 6.28. The minimum atomic E-state index is -1.30. The molecular weight excluding hydrogens is 358 g/mol. The molecule has 0 unspecified atom stereocenters. The predicted octanol–water partition coefficient (Wildman–Crippen LogP) is -0.741. The topological polar surface area (TPSA) is 150 Å². The number of fused-ring (bicyclic) bond motifs is 1. The molecule has 0 aliphatic carbocycles. The number of anilines is 1. The largest absolute Gasteiger partial charge is 0.394 e. The van der Waals surface area contributed by atoms with Gasteiger partial charge in [-0.3, -0.25) is 4.57 Å². The summed E-state index contributed by atoms with van der Waals surface area (Å²) in [5.74, 6) is 0.118.